The Labute approximate surface area is 102 Å². The van der Waals surface area contributed by atoms with E-state index in [0.29, 0.717) is 0 Å². The molecular formula is C11H14BrO2S-. The van der Waals surface area contributed by atoms with Crippen molar-refractivity contribution in [3.63, 3.8) is 0 Å². The van der Waals surface area contributed by atoms with Gasteiger partial charge in [-0.15, -0.1) is 0 Å². The maximum atomic E-state index is 10.6. The van der Waals surface area contributed by atoms with Crippen molar-refractivity contribution in [1.82, 2.24) is 0 Å². The Morgan fingerprint density at radius 1 is 1.33 bits per heavy atom. The lowest BCUT2D eigenvalue weighted by Gasteiger charge is -2.20. The van der Waals surface area contributed by atoms with Crippen LogP contribution in [0.2, 0.25) is 0 Å². The highest BCUT2D eigenvalue weighted by Gasteiger charge is 2.14. The fraction of sp³-hybridized carbons (Fsp3) is 0.455. The molecule has 0 aliphatic heterocycles. The molecule has 1 aromatic carbocycles. The normalized spacial score (nSPS) is 13.9. The van der Waals surface area contributed by atoms with E-state index < -0.39 is 11.1 Å². The Bertz CT molecular complexity index is 383. The first-order valence-corrected chi connectivity index (χ1v) is 6.68. The van der Waals surface area contributed by atoms with Gasteiger partial charge in [-0.25, -0.2) is 0 Å². The highest BCUT2D eigenvalue weighted by molar-refractivity contribution is 9.10. The van der Waals surface area contributed by atoms with Gasteiger partial charge >= 0.3 is 0 Å². The van der Waals surface area contributed by atoms with Gasteiger partial charge in [-0.3, -0.25) is 4.21 Å². The van der Waals surface area contributed by atoms with Crippen LogP contribution in [0.5, 0.6) is 0 Å². The van der Waals surface area contributed by atoms with Gasteiger partial charge in [0.1, 0.15) is 0 Å². The summed E-state index contributed by atoms with van der Waals surface area (Å²) in [4.78, 5) is 0. The van der Waals surface area contributed by atoms with Gasteiger partial charge in [0, 0.05) is 10.2 Å². The Balaban J connectivity index is 3.11. The van der Waals surface area contributed by atoms with Gasteiger partial charge in [0.05, 0.1) is 0 Å². The fourth-order valence-electron chi connectivity index (χ4n) is 1.30. The van der Waals surface area contributed by atoms with E-state index in [-0.39, 0.29) is 11.2 Å². The van der Waals surface area contributed by atoms with Crippen LogP contribution in [0.1, 0.15) is 31.9 Å². The molecule has 15 heavy (non-hydrogen) atoms. The van der Waals surface area contributed by atoms with E-state index in [9.17, 15) is 8.76 Å². The van der Waals surface area contributed by atoms with E-state index >= 15 is 0 Å². The lowest BCUT2D eigenvalue weighted by Crippen LogP contribution is -2.11. The third-order valence-corrected chi connectivity index (χ3v) is 3.13. The third-order valence-electron chi connectivity index (χ3n) is 2.11. The molecule has 0 amide bonds. The number of hydrogen-bond acceptors (Lipinski definition) is 2. The molecule has 84 valence electrons. The van der Waals surface area contributed by atoms with Gasteiger partial charge in [-0.05, 0) is 28.7 Å². The molecule has 0 saturated carbocycles. The Morgan fingerprint density at radius 3 is 2.40 bits per heavy atom. The van der Waals surface area contributed by atoms with Crippen LogP contribution >= 0.6 is 15.9 Å². The highest BCUT2D eigenvalue weighted by Crippen LogP contribution is 2.27. The molecular weight excluding hydrogens is 276 g/mol. The minimum atomic E-state index is -2.03. The minimum Gasteiger partial charge on any atom is -0.772 e. The number of halogens is 1. The van der Waals surface area contributed by atoms with E-state index in [1.165, 1.54) is 0 Å². The average molecular weight is 290 g/mol. The summed E-state index contributed by atoms with van der Waals surface area (Å²) in [5, 5.41) is 0. The molecule has 0 N–H and O–H groups in total. The van der Waals surface area contributed by atoms with Crippen LogP contribution in [0.15, 0.2) is 22.7 Å². The molecule has 0 aromatic heterocycles. The summed E-state index contributed by atoms with van der Waals surface area (Å²) in [6.07, 6.45) is 0. The first-order chi connectivity index (χ1) is 6.79. The molecule has 1 aromatic rings. The lowest BCUT2D eigenvalue weighted by molar-refractivity contribution is 0.536. The smallest absolute Gasteiger partial charge is 0.0353 e. The predicted octanol–water partition coefficient (Wildman–Crippen LogP) is 3.13. The molecule has 1 rings (SSSR count). The Kier molecular flexibility index (Phi) is 4.09. The molecule has 0 saturated heterocycles. The van der Waals surface area contributed by atoms with Crippen molar-refractivity contribution >= 4 is 27.0 Å². The maximum Gasteiger partial charge on any atom is 0.0353 e. The molecule has 0 fully saturated rings. The van der Waals surface area contributed by atoms with Crippen LogP contribution < -0.4 is 0 Å². The number of hydrogen-bond donors (Lipinski definition) is 0. The predicted molar refractivity (Wildman–Crippen MR) is 65.5 cm³/mol. The van der Waals surface area contributed by atoms with Crippen LogP contribution in [0.3, 0.4) is 0 Å². The molecule has 0 heterocycles. The summed E-state index contributed by atoms with van der Waals surface area (Å²) < 4.78 is 22.2. The van der Waals surface area contributed by atoms with Crippen LogP contribution in [-0.2, 0) is 22.2 Å². The number of rotatable bonds is 2. The van der Waals surface area contributed by atoms with Crippen LogP contribution in [0.4, 0.5) is 0 Å². The first kappa shape index (κ1) is 12.9. The number of benzene rings is 1. The molecule has 0 spiro atoms. The quantitative estimate of drug-likeness (QED) is 0.785. The molecule has 0 bridgehead atoms. The zero-order valence-electron chi connectivity index (χ0n) is 9.04. The second-order valence-corrected chi connectivity index (χ2v) is 6.36. The van der Waals surface area contributed by atoms with Crippen molar-refractivity contribution in [2.75, 3.05) is 0 Å². The Hall–Kier alpha value is -0.190. The summed E-state index contributed by atoms with van der Waals surface area (Å²) in [5.41, 5.74) is 1.99. The van der Waals surface area contributed by atoms with Crippen molar-refractivity contribution < 1.29 is 8.76 Å². The second-order valence-electron chi connectivity index (χ2n) is 4.55. The van der Waals surface area contributed by atoms with Crippen LogP contribution in [0.25, 0.3) is 0 Å². The van der Waals surface area contributed by atoms with Crippen molar-refractivity contribution in [2.45, 2.75) is 31.9 Å². The third kappa shape index (κ3) is 4.05. The van der Waals surface area contributed by atoms with Gasteiger partial charge in [0.2, 0.25) is 0 Å². The monoisotopic (exact) mass is 289 g/mol. The van der Waals surface area contributed by atoms with E-state index in [4.69, 9.17) is 0 Å². The highest BCUT2D eigenvalue weighted by atomic mass is 79.9. The van der Waals surface area contributed by atoms with Gasteiger partial charge in [-0.2, -0.15) is 0 Å². The van der Waals surface area contributed by atoms with Crippen molar-refractivity contribution in [1.29, 1.82) is 0 Å². The summed E-state index contributed by atoms with van der Waals surface area (Å²) in [7, 11) is 0. The van der Waals surface area contributed by atoms with E-state index in [2.05, 4.69) is 36.7 Å². The molecule has 0 aliphatic carbocycles. The second kappa shape index (κ2) is 4.76. The van der Waals surface area contributed by atoms with Crippen molar-refractivity contribution in [3.05, 3.63) is 33.8 Å². The summed E-state index contributed by atoms with van der Waals surface area (Å²) in [6, 6.07) is 5.81. The van der Waals surface area contributed by atoms with E-state index in [1.807, 2.05) is 18.2 Å². The molecule has 0 aliphatic rings. The largest absolute Gasteiger partial charge is 0.772 e. The zero-order chi connectivity index (χ0) is 11.6. The van der Waals surface area contributed by atoms with Gasteiger partial charge in [0.25, 0.3) is 0 Å². The SMILES string of the molecule is CC(C)(C)c1cc(Br)cc(CS(=O)[O-])c1. The summed E-state index contributed by atoms with van der Waals surface area (Å²) in [5.74, 6) is 0.0719. The molecule has 0 radical (unpaired) electrons. The topological polar surface area (TPSA) is 40.1 Å². The van der Waals surface area contributed by atoms with Crippen LogP contribution in [0, 0.1) is 0 Å². The van der Waals surface area contributed by atoms with Crippen LogP contribution in [-0.4, -0.2) is 8.76 Å². The van der Waals surface area contributed by atoms with Crippen molar-refractivity contribution in [2.24, 2.45) is 0 Å². The minimum absolute atomic E-state index is 0.0307. The molecule has 4 heteroatoms. The maximum absolute atomic E-state index is 10.6. The average Bonchev–Trinajstić information content (AvgIpc) is 1.99. The lowest BCUT2D eigenvalue weighted by atomic mass is 9.86. The van der Waals surface area contributed by atoms with Gasteiger partial charge in [-0.1, -0.05) is 53.8 Å². The van der Waals surface area contributed by atoms with Gasteiger partial charge < -0.3 is 4.55 Å². The summed E-state index contributed by atoms with van der Waals surface area (Å²) >= 11 is 1.36. The molecule has 1 unspecified atom stereocenters. The fourth-order valence-corrected chi connectivity index (χ4v) is 2.28. The van der Waals surface area contributed by atoms with E-state index in [0.717, 1.165) is 15.6 Å². The first-order valence-electron chi connectivity index (χ1n) is 4.65. The Morgan fingerprint density at radius 2 is 1.93 bits per heavy atom. The van der Waals surface area contributed by atoms with E-state index in [1.54, 1.807) is 0 Å². The zero-order valence-corrected chi connectivity index (χ0v) is 11.4. The van der Waals surface area contributed by atoms with Gasteiger partial charge in [0.15, 0.2) is 0 Å². The molecule has 1 atom stereocenters. The standard InChI is InChI=1S/C11H15BrO2S/c1-11(2,3)9-4-8(7-15(13)14)5-10(12)6-9/h4-6H,7H2,1-3H3,(H,13,14)/p-1. The van der Waals surface area contributed by atoms with Crippen molar-refractivity contribution in [3.8, 4) is 0 Å². The summed E-state index contributed by atoms with van der Waals surface area (Å²) in [6.45, 7) is 6.31. The molecule has 2 nitrogen and oxygen atoms in total.